The summed E-state index contributed by atoms with van der Waals surface area (Å²) in [4.78, 5) is 32.1. The highest BCUT2D eigenvalue weighted by atomic mass is 16.2. The fraction of sp³-hybridized carbons (Fsp3) is 0.333. The van der Waals surface area contributed by atoms with Crippen molar-refractivity contribution in [3.63, 3.8) is 0 Å². The Morgan fingerprint density at radius 2 is 1.52 bits per heavy atom. The molecular weight excluding hydrogens is 390 g/mol. The van der Waals surface area contributed by atoms with Gasteiger partial charge in [0, 0.05) is 68.4 Å². The number of amides is 2. The number of benzene rings is 2. The van der Waals surface area contributed by atoms with E-state index in [1.54, 1.807) is 0 Å². The molecule has 2 amide bonds. The molecular formula is C24H29N5O2. The number of carbonyl (C=O) groups is 2. The van der Waals surface area contributed by atoms with Gasteiger partial charge in [-0.3, -0.25) is 25.3 Å². The Hall–Kier alpha value is -3.32. The lowest BCUT2D eigenvalue weighted by Gasteiger charge is -2.36. The van der Waals surface area contributed by atoms with E-state index in [1.807, 2.05) is 36.5 Å². The average molecular weight is 420 g/mol. The molecule has 162 valence electrons. The van der Waals surface area contributed by atoms with Crippen LogP contribution in [0.3, 0.4) is 0 Å². The maximum absolute atomic E-state index is 12.1. The second-order valence-corrected chi connectivity index (χ2v) is 7.87. The number of hydrogen-bond donors (Lipinski definition) is 3. The summed E-state index contributed by atoms with van der Waals surface area (Å²) in [6.07, 6.45) is 3.25. The SMILES string of the molecule is O=C(CCc1c[nH]c2ccccc12)NNC(=O)CCN1CCN(c2ccccc2)CC1. The second kappa shape index (κ2) is 10.1. The van der Waals surface area contributed by atoms with Crippen molar-refractivity contribution in [1.82, 2.24) is 20.7 Å². The molecule has 0 atom stereocenters. The van der Waals surface area contributed by atoms with Gasteiger partial charge < -0.3 is 9.88 Å². The van der Waals surface area contributed by atoms with Crippen LogP contribution in [0.25, 0.3) is 10.9 Å². The molecule has 1 aliphatic rings. The highest BCUT2D eigenvalue weighted by molar-refractivity contribution is 5.85. The van der Waals surface area contributed by atoms with Gasteiger partial charge in [0.15, 0.2) is 0 Å². The summed E-state index contributed by atoms with van der Waals surface area (Å²) in [7, 11) is 0. The summed E-state index contributed by atoms with van der Waals surface area (Å²) in [5.41, 5.74) is 8.49. The highest BCUT2D eigenvalue weighted by Gasteiger charge is 2.17. The Morgan fingerprint density at radius 1 is 0.839 bits per heavy atom. The zero-order valence-electron chi connectivity index (χ0n) is 17.6. The fourth-order valence-electron chi connectivity index (χ4n) is 3.98. The smallest absolute Gasteiger partial charge is 0.239 e. The number of rotatable bonds is 7. The maximum atomic E-state index is 12.1. The van der Waals surface area contributed by atoms with Gasteiger partial charge in [-0.25, -0.2) is 0 Å². The van der Waals surface area contributed by atoms with Gasteiger partial charge in [-0.05, 0) is 30.2 Å². The van der Waals surface area contributed by atoms with Crippen molar-refractivity contribution in [3.05, 3.63) is 66.4 Å². The molecule has 7 heteroatoms. The predicted molar refractivity (Wildman–Crippen MR) is 123 cm³/mol. The van der Waals surface area contributed by atoms with Crippen LogP contribution in [0.1, 0.15) is 18.4 Å². The second-order valence-electron chi connectivity index (χ2n) is 7.87. The van der Waals surface area contributed by atoms with Gasteiger partial charge in [-0.2, -0.15) is 0 Å². The average Bonchev–Trinajstić information content (AvgIpc) is 3.24. The topological polar surface area (TPSA) is 80.5 Å². The van der Waals surface area contributed by atoms with Crippen molar-refractivity contribution in [3.8, 4) is 0 Å². The van der Waals surface area contributed by atoms with E-state index in [0.717, 1.165) is 42.6 Å². The van der Waals surface area contributed by atoms with E-state index in [0.29, 0.717) is 25.8 Å². The van der Waals surface area contributed by atoms with Gasteiger partial charge in [0.1, 0.15) is 0 Å². The molecule has 2 aromatic carbocycles. The van der Waals surface area contributed by atoms with Crippen molar-refractivity contribution in [1.29, 1.82) is 0 Å². The first-order valence-electron chi connectivity index (χ1n) is 10.8. The summed E-state index contributed by atoms with van der Waals surface area (Å²) >= 11 is 0. The van der Waals surface area contributed by atoms with Crippen LogP contribution < -0.4 is 15.8 Å². The van der Waals surface area contributed by atoms with Crippen molar-refractivity contribution < 1.29 is 9.59 Å². The fourth-order valence-corrected chi connectivity index (χ4v) is 3.98. The number of fused-ring (bicyclic) bond motifs is 1. The number of hydrogen-bond acceptors (Lipinski definition) is 4. The molecule has 1 aliphatic heterocycles. The number of carbonyl (C=O) groups excluding carboxylic acids is 2. The first-order chi connectivity index (χ1) is 15.2. The molecule has 2 heterocycles. The molecule has 0 spiro atoms. The molecule has 1 saturated heterocycles. The minimum Gasteiger partial charge on any atom is -0.369 e. The van der Waals surface area contributed by atoms with Crippen LogP contribution in [0.15, 0.2) is 60.8 Å². The molecule has 3 N–H and O–H groups in total. The summed E-state index contributed by atoms with van der Waals surface area (Å²) in [5.74, 6) is -0.346. The molecule has 0 aliphatic carbocycles. The van der Waals surface area contributed by atoms with Gasteiger partial charge >= 0.3 is 0 Å². The molecule has 3 aromatic rings. The molecule has 7 nitrogen and oxygen atoms in total. The van der Waals surface area contributed by atoms with Gasteiger partial charge in [-0.1, -0.05) is 36.4 Å². The number of nitrogens with zero attached hydrogens (tertiary/aromatic N) is 2. The molecule has 1 fully saturated rings. The third kappa shape index (κ3) is 5.64. The number of H-pyrrole nitrogens is 1. The number of aromatic nitrogens is 1. The Morgan fingerprint density at radius 3 is 2.29 bits per heavy atom. The molecule has 0 radical (unpaired) electrons. The zero-order chi connectivity index (χ0) is 21.5. The highest BCUT2D eigenvalue weighted by Crippen LogP contribution is 2.19. The van der Waals surface area contributed by atoms with Crippen LogP contribution >= 0.6 is 0 Å². The quantitative estimate of drug-likeness (QED) is 0.514. The third-order valence-corrected chi connectivity index (χ3v) is 5.79. The van der Waals surface area contributed by atoms with Crippen LogP contribution in [0, 0.1) is 0 Å². The largest absolute Gasteiger partial charge is 0.369 e. The molecule has 31 heavy (non-hydrogen) atoms. The van der Waals surface area contributed by atoms with Crippen LogP contribution in [-0.4, -0.2) is 54.4 Å². The summed E-state index contributed by atoms with van der Waals surface area (Å²) in [6.45, 7) is 4.46. The first-order valence-corrected chi connectivity index (χ1v) is 10.8. The van der Waals surface area contributed by atoms with Gasteiger partial charge in [0.25, 0.3) is 0 Å². The van der Waals surface area contributed by atoms with E-state index >= 15 is 0 Å². The number of piperazine rings is 1. The minimum absolute atomic E-state index is 0.161. The van der Waals surface area contributed by atoms with Crippen molar-refractivity contribution >= 4 is 28.4 Å². The standard InChI is InChI=1S/C24H29N5O2/c30-23(11-10-19-18-25-22-9-5-4-8-21(19)22)26-27-24(31)12-13-28-14-16-29(17-15-28)20-6-2-1-3-7-20/h1-9,18,25H,10-17H2,(H,26,30)(H,27,31). The number of nitrogens with one attached hydrogen (secondary N) is 3. The summed E-state index contributed by atoms with van der Waals surface area (Å²) < 4.78 is 0. The van der Waals surface area contributed by atoms with E-state index in [2.05, 4.69) is 49.9 Å². The predicted octanol–water partition coefficient (Wildman–Crippen LogP) is 2.46. The minimum atomic E-state index is -0.185. The van der Waals surface area contributed by atoms with Crippen LogP contribution in [0.5, 0.6) is 0 Å². The molecule has 1 aromatic heterocycles. The van der Waals surface area contributed by atoms with Crippen molar-refractivity contribution in [2.24, 2.45) is 0 Å². The summed E-state index contributed by atoms with van der Waals surface area (Å²) in [6, 6.07) is 18.4. The molecule has 0 saturated carbocycles. The Bertz CT molecular complexity index is 1010. The lowest BCUT2D eigenvalue weighted by atomic mass is 10.1. The van der Waals surface area contributed by atoms with E-state index < -0.39 is 0 Å². The number of anilines is 1. The number of para-hydroxylation sites is 2. The molecule has 0 unspecified atom stereocenters. The van der Waals surface area contributed by atoms with Crippen LogP contribution in [0.4, 0.5) is 5.69 Å². The van der Waals surface area contributed by atoms with E-state index in [1.165, 1.54) is 5.69 Å². The number of aromatic amines is 1. The normalized spacial score (nSPS) is 14.5. The zero-order valence-corrected chi connectivity index (χ0v) is 17.6. The van der Waals surface area contributed by atoms with Gasteiger partial charge in [0.2, 0.25) is 11.8 Å². The van der Waals surface area contributed by atoms with Crippen molar-refractivity contribution in [2.75, 3.05) is 37.6 Å². The maximum Gasteiger partial charge on any atom is 0.239 e. The summed E-state index contributed by atoms with van der Waals surface area (Å²) in [5, 5.41) is 1.13. The first kappa shape index (κ1) is 20.9. The van der Waals surface area contributed by atoms with Crippen LogP contribution in [-0.2, 0) is 16.0 Å². The number of hydrazine groups is 1. The van der Waals surface area contributed by atoms with Gasteiger partial charge in [0.05, 0.1) is 0 Å². The van der Waals surface area contributed by atoms with Gasteiger partial charge in [-0.15, -0.1) is 0 Å². The Kier molecular flexibility index (Phi) is 6.84. The Balaban J connectivity index is 1.12. The lowest BCUT2D eigenvalue weighted by Crippen LogP contribution is -2.48. The van der Waals surface area contributed by atoms with Crippen molar-refractivity contribution in [2.45, 2.75) is 19.3 Å². The molecule has 4 rings (SSSR count). The third-order valence-electron chi connectivity index (χ3n) is 5.79. The lowest BCUT2D eigenvalue weighted by molar-refractivity contribution is -0.129. The Labute approximate surface area is 182 Å². The van der Waals surface area contributed by atoms with E-state index in [9.17, 15) is 9.59 Å². The van der Waals surface area contributed by atoms with E-state index in [4.69, 9.17) is 0 Å². The number of aryl methyl sites for hydroxylation is 1. The monoisotopic (exact) mass is 419 g/mol. The molecule has 0 bridgehead atoms. The van der Waals surface area contributed by atoms with Crippen LogP contribution in [0.2, 0.25) is 0 Å². The van der Waals surface area contributed by atoms with E-state index in [-0.39, 0.29) is 11.8 Å².